The summed E-state index contributed by atoms with van der Waals surface area (Å²) < 4.78 is 6.89. The summed E-state index contributed by atoms with van der Waals surface area (Å²) in [5.41, 5.74) is 0. The number of aromatic carboxylic acids is 1. The fraction of sp³-hybridized carbons (Fsp3) is 0.222. The maximum Gasteiger partial charge on any atom is 0.371 e. The Hall–Kier alpha value is -1.76. The third-order valence-corrected chi connectivity index (χ3v) is 2.94. The first-order chi connectivity index (χ1) is 7.66. The van der Waals surface area contributed by atoms with Crippen molar-refractivity contribution in [2.45, 2.75) is 10.9 Å². The van der Waals surface area contributed by atoms with E-state index in [9.17, 15) is 4.79 Å². The third kappa shape index (κ3) is 2.25. The van der Waals surface area contributed by atoms with Gasteiger partial charge in [-0.05, 0) is 12.1 Å². The Morgan fingerprint density at radius 1 is 1.62 bits per heavy atom. The Kier molecular flexibility index (Phi) is 2.95. The van der Waals surface area contributed by atoms with Gasteiger partial charge in [-0.3, -0.25) is 0 Å². The monoisotopic (exact) mass is 239 g/mol. The zero-order valence-electron chi connectivity index (χ0n) is 8.45. The molecule has 0 aliphatic carbocycles. The summed E-state index contributed by atoms with van der Waals surface area (Å²) in [5, 5.41) is 17.1. The van der Waals surface area contributed by atoms with Crippen LogP contribution in [0.4, 0.5) is 0 Å². The summed E-state index contributed by atoms with van der Waals surface area (Å²) in [4.78, 5) is 10.6. The molecule has 6 nitrogen and oxygen atoms in total. The second-order valence-electron chi connectivity index (χ2n) is 3.08. The molecule has 1 N–H and O–H groups in total. The molecular weight excluding hydrogens is 230 g/mol. The first kappa shape index (κ1) is 10.7. The highest BCUT2D eigenvalue weighted by molar-refractivity contribution is 7.98. The van der Waals surface area contributed by atoms with Gasteiger partial charge in [-0.15, -0.1) is 10.2 Å². The Morgan fingerprint density at radius 2 is 2.44 bits per heavy atom. The van der Waals surface area contributed by atoms with E-state index in [2.05, 4.69) is 10.2 Å². The van der Waals surface area contributed by atoms with Crippen molar-refractivity contribution < 1.29 is 14.3 Å². The van der Waals surface area contributed by atoms with E-state index in [1.165, 1.54) is 17.8 Å². The molecule has 2 aromatic rings. The van der Waals surface area contributed by atoms with Crippen LogP contribution >= 0.6 is 11.8 Å². The van der Waals surface area contributed by atoms with Crippen molar-refractivity contribution in [2.75, 3.05) is 0 Å². The van der Waals surface area contributed by atoms with Crippen LogP contribution in [-0.4, -0.2) is 25.8 Å². The molecule has 2 aromatic heterocycles. The second kappa shape index (κ2) is 4.40. The van der Waals surface area contributed by atoms with Gasteiger partial charge >= 0.3 is 5.97 Å². The Labute approximate surface area is 95.3 Å². The summed E-state index contributed by atoms with van der Waals surface area (Å²) in [5.74, 6) is 0.0219. The van der Waals surface area contributed by atoms with Crippen molar-refractivity contribution >= 4 is 17.7 Å². The van der Waals surface area contributed by atoms with E-state index in [-0.39, 0.29) is 5.76 Å². The van der Waals surface area contributed by atoms with E-state index in [1.54, 1.807) is 17.0 Å². The predicted octanol–water partition coefficient (Wildman–Crippen LogP) is 1.40. The van der Waals surface area contributed by atoms with E-state index in [0.29, 0.717) is 11.5 Å². The molecule has 0 radical (unpaired) electrons. The molecule has 0 spiro atoms. The SMILES string of the molecule is Cn1cnnc1SCc1ccc(C(=O)O)o1. The largest absolute Gasteiger partial charge is 0.475 e. The first-order valence-electron chi connectivity index (χ1n) is 4.45. The molecule has 0 aliphatic heterocycles. The van der Waals surface area contributed by atoms with Crippen LogP contribution in [0.15, 0.2) is 28.0 Å². The molecule has 0 fully saturated rings. The van der Waals surface area contributed by atoms with E-state index in [1.807, 2.05) is 7.05 Å². The highest BCUT2D eigenvalue weighted by atomic mass is 32.2. The van der Waals surface area contributed by atoms with Gasteiger partial charge in [0.1, 0.15) is 12.1 Å². The zero-order chi connectivity index (χ0) is 11.5. The fourth-order valence-corrected chi connectivity index (χ4v) is 1.89. The summed E-state index contributed by atoms with van der Waals surface area (Å²) in [7, 11) is 1.84. The maximum absolute atomic E-state index is 10.6. The molecule has 0 aliphatic rings. The Balaban J connectivity index is 2.00. The summed E-state index contributed by atoms with van der Waals surface area (Å²) in [6.07, 6.45) is 1.60. The van der Waals surface area contributed by atoms with Crippen molar-refractivity contribution in [2.24, 2.45) is 7.05 Å². The molecule has 0 bridgehead atoms. The number of rotatable bonds is 4. The molecule has 7 heteroatoms. The number of carboxylic acids is 1. The molecular formula is C9H9N3O3S. The number of hydrogen-bond acceptors (Lipinski definition) is 5. The molecule has 0 atom stereocenters. The van der Waals surface area contributed by atoms with E-state index >= 15 is 0 Å². The molecule has 0 aromatic carbocycles. The Morgan fingerprint density at radius 3 is 3.00 bits per heavy atom. The number of furan rings is 1. The van der Waals surface area contributed by atoms with E-state index in [0.717, 1.165) is 5.16 Å². The molecule has 16 heavy (non-hydrogen) atoms. The minimum atomic E-state index is -1.06. The zero-order valence-corrected chi connectivity index (χ0v) is 9.27. The van der Waals surface area contributed by atoms with Gasteiger partial charge in [0.2, 0.25) is 5.76 Å². The average Bonchev–Trinajstić information content (AvgIpc) is 2.83. The van der Waals surface area contributed by atoms with Crippen LogP contribution < -0.4 is 0 Å². The number of thioether (sulfide) groups is 1. The number of aryl methyl sites for hydroxylation is 1. The van der Waals surface area contributed by atoms with E-state index in [4.69, 9.17) is 9.52 Å². The average molecular weight is 239 g/mol. The maximum atomic E-state index is 10.6. The summed E-state index contributed by atoms with van der Waals surface area (Å²) in [6.45, 7) is 0. The van der Waals surface area contributed by atoms with Gasteiger partial charge in [0.15, 0.2) is 5.16 Å². The smallest absolute Gasteiger partial charge is 0.371 e. The summed E-state index contributed by atoms with van der Waals surface area (Å²) >= 11 is 1.43. The van der Waals surface area contributed by atoms with Gasteiger partial charge in [0, 0.05) is 7.05 Å². The molecule has 2 heterocycles. The van der Waals surface area contributed by atoms with E-state index < -0.39 is 5.97 Å². The highest BCUT2D eigenvalue weighted by Crippen LogP contribution is 2.21. The normalized spacial score (nSPS) is 10.6. The molecule has 0 saturated carbocycles. The van der Waals surface area contributed by atoms with Crippen LogP contribution in [0.2, 0.25) is 0 Å². The van der Waals surface area contributed by atoms with Crippen molar-refractivity contribution in [1.82, 2.24) is 14.8 Å². The first-order valence-corrected chi connectivity index (χ1v) is 5.44. The molecule has 0 saturated heterocycles. The lowest BCUT2D eigenvalue weighted by Crippen LogP contribution is -1.92. The highest BCUT2D eigenvalue weighted by Gasteiger charge is 2.10. The fourth-order valence-electron chi connectivity index (χ4n) is 1.11. The molecule has 2 rings (SSSR count). The van der Waals surface area contributed by atoms with Crippen molar-refractivity contribution in [3.63, 3.8) is 0 Å². The van der Waals surface area contributed by atoms with Crippen LogP contribution in [0, 0.1) is 0 Å². The lowest BCUT2D eigenvalue weighted by atomic mass is 10.4. The number of hydrogen-bond donors (Lipinski definition) is 1. The van der Waals surface area contributed by atoms with Crippen LogP contribution in [0.5, 0.6) is 0 Å². The second-order valence-corrected chi connectivity index (χ2v) is 4.03. The number of aromatic nitrogens is 3. The quantitative estimate of drug-likeness (QED) is 0.812. The summed E-state index contributed by atoms with van der Waals surface area (Å²) in [6, 6.07) is 3.09. The molecule has 84 valence electrons. The van der Waals surface area contributed by atoms with Crippen molar-refractivity contribution in [3.8, 4) is 0 Å². The van der Waals surface area contributed by atoms with Gasteiger partial charge in [-0.25, -0.2) is 4.79 Å². The molecule has 0 unspecified atom stereocenters. The number of carboxylic acid groups (broad SMARTS) is 1. The minimum Gasteiger partial charge on any atom is -0.475 e. The number of nitrogens with zero attached hydrogens (tertiary/aromatic N) is 3. The van der Waals surface area contributed by atoms with Crippen LogP contribution in [0.1, 0.15) is 16.3 Å². The molecule has 0 amide bonds. The van der Waals surface area contributed by atoms with Gasteiger partial charge in [0.05, 0.1) is 5.75 Å². The van der Waals surface area contributed by atoms with Crippen LogP contribution in [0.25, 0.3) is 0 Å². The Bertz CT molecular complexity index is 506. The van der Waals surface area contributed by atoms with Gasteiger partial charge in [0.25, 0.3) is 0 Å². The van der Waals surface area contributed by atoms with Gasteiger partial charge in [-0.2, -0.15) is 0 Å². The van der Waals surface area contributed by atoms with Crippen LogP contribution in [-0.2, 0) is 12.8 Å². The third-order valence-electron chi connectivity index (χ3n) is 1.89. The minimum absolute atomic E-state index is 0.0476. The lowest BCUT2D eigenvalue weighted by molar-refractivity contribution is 0.0661. The van der Waals surface area contributed by atoms with Gasteiger partial charge < -0.3 is 14.1 Å². The number of carbonyl (C=O) groups is 1. The van der Waals surface area contributed by atoms with Gasteiger partial charge in [-0.1, -0.05) is 11.8 Å². The van der Waals surface area contributed by atoms with Crippen molar-refractivity contribution in [1.29, 1.82) is 0 Å². The predicted molar refractivity (Wildman–Crippen MR) is 56.2 cm³/mol. The lowest BCUT2D eigenvalue weighted by Gasteiger charge is -1.97. The standard InChI is InChI=1S/C9H9N3O3S/c1-12-5-10-11-9(12)16-4-6-2-3-7(15-6)8(13)14/h2-3,5H,4H2,1H3,(H,13,14). The van der Waals surface area contributed by atoms with Crippen molar-refractivity contribution in [3.05, 3.63) is 30.0 Å². The van der Waals surface area contributed by atoms with Crippen LogP contribution in [0.3, 0.4) is 0 Å². The topological polar surface area (TPSA) is 81.2 Å².